The molecule has 0 aliphatic heterocycles. The smallest absolute Gasteiger partial charge is 0.00238 e. The molecule has 0 bridgehead atoms. The van der Waals surface area contributed by atoms with Crippen molar-refractivity contribution in [1.82, 2.24) is 0 Å². The molecule has 9 rings (SSSR count). The molecular formula is C64H82. The second kappa shape index (κ2) is 23.6. The molecule has 0 aromatic heterocycles. The van der Waals surface area contributed by atoms with Crippen molar-refractivity contribution in [2.45, 2.75) is 160 Å². The standard InChI is InChI=1S/C22H22.C20H22.C16H20.3C2H6/c1-13(2)17-9-5-15-8-12-20-18(14(3)4)10-6-16-7-11-19(17)21(15)22(16)20;1-13(2)15-5-7-17-12-20-10-16(14(3)4)6-8-18(20)11-19(17)9-15;1-11(2)13-5-7-16-10-14(12(3)4)6-8-15(16)9-13;3*1-2/h5-14H,1-4H3;5-14H,1-4H3;5-12H,1-4H3;3*1-2H3. The van der Waals surface area contributed by atoms with Crippen LogP contribution in [0.5, 0.6) is 0 Å². The van der Waals surface area contributed by atoms with Crippen LogP contribution in [-0.2, 0) is 0 Å². The summed E-state index contributed by atoms with van der Waals surface area (Å²) in [5.41, 5.74) is 8.58. The molecule has 0 atom stereocenters. The molecule has 0 spiro atoms. The monoisotopic (exact) mass is 851 g/mol. The van der Waals surface area contributed by atoms with Crippen molar-refractivity contribution in [3.05, 3.63) is 167 Å². The lowest BCUT2D eigenvalue weighted by atomic mass is 9.86. The van der Waals surface area contributed by atoms with Crippen LogP contribution in [0, 0.1) is 0 Å². The van der Waals surface area contributed by atoms with E-state index in [-0.39, 0.29) is 0 Å². The molecule has 0 saturated carbocycles. The molecule has 9 aromatic rings. The summed E-state index contributed by atoms with van der Waals surface area (Å²) in [6.45, 7) is 39.1. The van der Waals surface area contributed by atoms with Gasteiger partial charge in [-0.15, -0.1) is 0 Å². The Hall–Kier alpha value is -5.20. The van der Waals surface area contributed by atoms with E-state index in [0.29, 0.717) is 35.5 Å². The van der Waals surface area contributed by atoms with Crippen molar-refractivity contribution in [2.24, 2.45) is 0 Å². The Morgan fingerprint density at radius 3 is 0.719 bits per heavy atom. The molecule has 0 heteroatoms. The second-order valence-electron chi connectivity index (χ2n) is 18.6. The average molecular weight is 851 g/mol. The first-order valence-corrected chi connectivity index (χ1v) is 24.9. The largest absolute Gasteiger partial charge is 0.0683 e. The molecule has 338 valence electrons. The van der Waals surface area contributed by atoms with E-state index < -0.39 is 0 Å². The van der Waals surface area contributed by atoms with Gasteiger partial charge in [-0.1, -0.05) is 246 Å². The highest BCUT2D eigenvalue weighted by Gasteiger charge is 2.15. The third-order valence-electron chi connectivity index (χ3n) is 12.4. The van der Waals surface area contributed by atoms with Crippen molar-refractivity contribution < 1.29 is 0 Å². The summed E-state index contributed by atoms with van der Waals surface area (Å²) in [6, 6.07) is 50.3. The van der Waals surface area contributed by atoms with Gasteiger partial charge in [0.15, 0.2) is 0 Å². The van der Waals surface area contributed by atoms with E-state index in [1.54, 1.807) is 0 Å². The lowest BCUT2D eigenvalue weighted by Gasteiger charge is -2.18. The molecule has 64 heavy (non-hydrogen) atoms. The SMILES string of the molecule is CC.CC.CC.CC(C)c1ccc2cc(C(C)C)ccc2c1.CC(C)c1ccc2cc3cc(C(C)C)ccc3cc2c1.CC(C)c1ccc2ccc3c(C(C)C)ccc4ccc1c2c43. The molecule has 0 aliphatic rings. The van der Waals surface area contributed by atoms with Gasteiger partial charge in [0.1, 0.15) is 0 Å². The molecule has 0 radical (unpaired) electrons. The summed E-state index contributed by atoms with van der Waals surface area (Å²) in [5.74, 6) is 3.48. The fourth-order valence-corrected chi connectivity index (χ4v) is 8.61. The number of rotatable bonds is 6. The van der Waals surface area contributed by atoms with Gasteiger partial charge in [-0.3, -0.25) is 0 Å². The molecule has 0 saturated heterocycles. The zero-order chi connectivity index (χ0) is 47.4. The fraction of sp³-hybridized carbons (Fsp3) is 0.375. The summed E-state index contributed by atoms with van der Waals surface area (Å²) in [5, 5.41) is 16.5. The minimum atomic E-state index is 0.550. The third-order valence-corrected chi connectivity index (χ3v) is 12.4. The minimum Gasteiger partial charge on any atom is -0.0683 e. The molecule has 0 unspecified atom stereocenters. The van der Waals surface area contributed by atoms with Crippen molar-refractivity contribution in [3.8, 4) is 0 Å². The lowest BCUT2D eigenvalue weighted by molar-refractivity contribution is 0.865. The summed E-state index contributed by atoms with van der Waals surface area (Å²) in [6.07, 6.45) is 0. The van der Waals surface area contributed by atoms with Crippen LogP contribution >= 0.6 is 0 Å². The molecular weight excluding hydrogens is 769 g/mol. The van der Waals surface area contributed by atoms with Crippen LogP contribution in [-0.4, -0.2) is 0 Å². The maximum absolute atomic E-state index is 2.33. The lowest BCUT2D eigenvalue weighted by Crippen LogP contribution is -1.94. The van der Waals surface area contributed by atoms with Crippen LogP contribution in [0.15, 0.2) is 133 Å². The Labute approximate surface area is 389 Å². The van der Waals surface area contributed by atoms with Crippen LogP contribution in [0.25, 0.3) is 64.6 Å². The Bertz CT molecular complexity index is 2640. The molecule has 0 fully saturated rings. The van der Waals surface area contributed by atoms with Gasteiger partial charge in [0.25, 0.3) is 0 Å². The first-order chi connectivity index (χ1) is 30.7. The summed E-state index contributed by atoms with van der Waals surface area (Å²) in [7, 11) is 0. The predicted octanol–water partition coefficient (Wildman–Crippen LogP) is 21.2. The quantitative estimate of drug-likeness (QED) is 0.115. The average Bonchev–Trinajstić information content (AvgIpc) is 3.31. The molecule has 0 heterocycles. The number of hydrogen-bond acceptors (Lipinski definition) is 0. The number of hydrogen-bond donors (Lipinski definition) is 0. The number of benzene rings is 9. The van der Waals surface area contributed by atoms with Crippen molar-refractivity contribution >= 4 is 64.6 Å². The van der Waals surface area contributed by atoms with Gasteiger partial charge in [0.05, 0.1) is 0 Å². The highest BCUT2D eigenvalue weighted by molar-refractivity contribution is 6.24. The van der Waals surface area contributed by atoms with Crippen LogP contribution in [0.2, 0.25) is 0 Å². The van der Waals surface area contributed by atoms with Crippen LogP contribution in [0.4, 0.5) is 0 Å². The summed E-state index contributed by atoms with van der Waals surface area (Å²) < 4.78 is 0. The van der Waals surface area contributed by atoms with Gasteiger partial charge < -0.3 is 0 Å². The Balaban J connectivity index is 0.000000201. The highest BCUT2D eigenvalue weighted by Crippen LogP contribution is 2.40. The van der Waals surface area contributed by atoms with E-state index in [1.807, 2.05) is 41.5 Å². The van der Waals surface area contributed by atoms with Crippen molar-refractivity contribution in [1.29, 1.82) is 0 Å². The van der Waals surface area contributed by atoms with Crippen LogP contribution in [0.1, 0.15) is 194 Å². The van der Waals surface area contributed by atoms with E-state index in [0.717, 1.165) is 0 Å². The molecule has 9 aromatic carbocycles. The maximum atomic E-state index is 2.33. The maximum Gasteiger partial charge on any atom is -0.00238 e. The molecule has 0 aliphatic carbocycles. The Morgan fingerprint density at radius 2 is 0.453 bits per heavy atom. The minimum absolute atomic E-state index is 0.550. The van der Waals surface area contributed by atoms with Gasteiger partial charge in [-0.2, -0.15) is 0 Å². The van der Waals surface area contributed by atoms with Gasteiger partial charge >= 0.3 is 0 Å². The molecule has 0 nitrogen and oxygen atoms in total. The first-order valence-electron chi connectivity index (χ1n) is 24.9. The van der Waals surface area contributed by atoms with Gasteiger partial charge in [-0.05, 0) is 146 Å². The van der Waals surface area contributed by atoms with Gasteiger partial charge in [0.2, 0.25) is 0 Å². The van der Waals surface area contributed by atoms with Gasteiger partial charge in [-0.25, -0.2) is 0 Å². The summed E-state index contributed by atoms with van der Waals surface area (Å²) >= 11 is 0. The third kappa shape index (κ3) is 11.7. The predicted molar refractivity (Wildman–Crippen MR) is 294 cm³/mol. The normalized spacial score (nSPS) is 11.2. The zero-order valence-corrected chi connectivity index (χ0v) is 43.2. The topological polar surface area (TPSA) is 0 Å². The Morgan fingerprint density at radius 1 is 0.219 bits per heavy atom. The van der Waals surface area contributed by atoms with Gasteiger partial charge in [0, 0.05) is 0 Å². The molecule has 0 amide bonds. The van der Waals surface area contributed by atoms with Crippen LogP contribution < -0.4 is 0 Å². The zero-order valence-electron chi connectivity index (χ0n) is 43.2. The summed E-state index contributed by atoms with van der Waals surface area (Å²) in [4.78, 5) is 0. The van der Waals surface area contributed by atoms with E-state index in [2.05, 4.69) is 217 Å². The number of fused-ring (bicyclic) bond motifs is 3. The highest BCUT2D eigenvalue weighted by atomic mass is 14.2. The van der Waals surface area contributed by atoms with E-state index in [1.165, 1.54) is 98.0 Å². The molecule has 0 N–H and O–H groups in total. The van der Waals surface area contributed by atoms with E-state index in [4.69, 9.17) is 0 Å². The van der Waals surface area contributed by atoms with E-state index >= 15 is 0 Å². The fourth-order valence-electron chi connectivity index (χ4n) is 8.61. The van der Waals surface area contributed by atoms with E-state index in [9.17, 15) is 0 Å². The van der Waals surface area contributed by atoms with Crippen molar-refractivity contribution in [3.63, 3.8) is 0 Å². The van der Waals surface area contributed by atoms with Crippen LogP contribution in [0.3, 0.4) is 0 Å². The van der Waals surface area contributed by atoms with Crippen molar-refractivity contribution in [2.75, 3.05) is 0 Å². The first kappa shape index (κ1) is 51.4. The Kier molecular flexibility index (Phi) is 19.0. The second-order valence-corrected chi connectivity index (χ2v) is 18.6.